The van der Waals surface area contributed by atoms with E-state index in [0.717, 1.165) is 0 Å². The van der Waals surface area contributed by atoms with E-state index < -0.39 is 10.0 Å². The van der Waals surface area contributed by atoms with Gasteiger partial charge in [-0.1, -0.05) is 32.4 Å². The minimum absolute atomic E-state index is 0.0250. The molecular weight excluding hydrogens is 380 g/mol. The quantitative estimate of drug-likeness (QED) is 0.782. The van der Waals surface area contributed by atoms with Crippen molar-refractivity contribution in [2.45, 2.75) is 25.7 Å². The van der Waals surface area contributed by atoms with Gasteiger partial charge in [0.05, 0.1) is 23.1 Å². The van der Waals surface area contributed by atoms with Crippen molar-refractivity contribution in [2.75, 3.05) is 39.5 Å². The number of ether oxygens (including phenoxy) is 2. The lowest BCUT2D eigenvalue weighted by atomic mass is 9.97. The number of carbonyl (C=O) groups excluding carboxylic acids is 1. The maximum absolute atomic E-state index is 12.6. The van der Waals surface area contributed by atoms with Crippen LogP contribution in [0, 0.1) is 5.41 Å². The van der Waals surface area contributed by atoms with Gasteiger partial charge in [0, 0.05) is 19.6 Å². The molecule has 0 aromatic heterocycles. The molecule has 146 valence electrons. The topological polar surface area (TPSA) is 84.9 Å². The van der Waals surface area contributed by atoms with Gasteiger partial charge >= 0.3 is 0 Å². The van der Waals surface area contributed by atoms with Crippen molar-refractivity contribution in [2.24, 2.45) is 5.41 Å². The van der Waals surface area contributed by atoms with Crippen LogP contribution in [0.2, 0.25) is 5.02 Å². The normalized spacial score (nSPS) is 16.3. The van der Waals surface area contributed by atoms with Crippen molar-refractivity contribution in [1.29, 1.82) is 0 Å². The number of nitrogens with one attached hydrogen (secondary N) is 1. The van der Waals surface area contributed by atoms with Crippen LogP contribution in [-0.4, -0.2) is 58.1 Å². The summed E-state index contributed by atoms with van der Waals surface area (Å²) in [7, 11) is -3.62. The third kappa shape index (κ3) is 5.84. The van der Waals surface area contributed by atoms with Crippen molar-refractivity contribution in [3.05, 3.63) is 23.2 Å². The molecule has 0 bridgehead atoms. The lowest BCUT2D eigenvalue weighted by Gasteiger charge is -2.26. The van der Waals surface area contributed by atoms with Crippen molar-refractivity contribution < 1.29 is 22.7 Å². The summed E-state index contributed by atoms with van der Waals surface area (Å²) in [6, 6.07) is 4.24. The lowest BCUT2D eigenvalue weighted by molar-refractivity contribution is -0.123. The number of hydrogen-bond acceptors (Lipinski definition) is 5. The summed E-state index contributed by atoms with van der Waals surface area (Å²) < 4.78 is 37.2. The van der Waals surface area contributed by atoms with E-state index in [1.54, 1.807) is 0 Å². The molecule has 1 aliphatic rings. The van der Waals surface area contributed by atoms with Crippen LogP contribution in [-0.2, 0) is 19.6 Å². The van der Waals surface area contributed by atoms with Gasteiger partial charge in [-0.25, -0.2) is 8.42 Å². The number of morpholine rings is 1. The second-order valence-corrected chi connectivity index (χ2v) is 9.58. The van der Waals surface area contributed by atoms with Gasteiger partial charge in [0.2, 0.25) is 10.0 Å². The van der Waals surface area contributed by atoms with E-state index in [0.29, 0.717) is 32.8 Å². The molecule has 7 nitrogen and oxygen atoms in total. The molecule has 0 radical (unpaired) electrons. The monoisotopic (exact) mass is 404 g/mol. The van der Waals surface area contributed by atoms with Crippen LogP contribution in [0.3, 0.4) is 0 Å². The molecule has 0 atom stereocenters. The average molecular weight is 405 g/mol. The largest absolute Gasteiger partial charge is 0.482 e. The van der Waals surface area contributed by atoms with E-state index >= 15 is 0 Å². The maximum Gasteiger partial charge on any atom is 0.257 e. The third-order valence-electron chi connectivity index (χ3n) is 3.69. The highest BCUT2D eigenvalue weighted by molar-refractivity contribution is 7.89. The van der Waals surface area contributed by atoms with E-state index in [1.807, 2.05) is 20.8 Å². The summed E-state index contributed by atoms with van der Waals surface area (Å²) in [4.78, 5) is 11.9. The van der Waals surface area contributed by atoms with Crippen LogP contribution in [0.15, 0.2) is 23.1 Å². The van der Waals surface area contributed by atoms with Gasteiger partial charge in [-0.05, 0) is 23.6 Å². The molecule has 0 aliphatic carbocycles. The van der Waals surface area contributed by atoms with E-state index in [9.17, 15) is 13.2 Å². The van der Waals surface area contributed by atoms with E-state index in [4.69, 9.17) is 21.1 Å². The van der Waals surface area contributed by atoms with Crippen LogP contribution >= 0.6 is 11.6 Å². The number of nitrogens with zero attached hydrogens (tertiary/aromatic N) is 1. The smallest absolute Gasteiger partial charge is 0.257 e. The van der Waals surface area contributed by atoms with Crippen LogP contribution < -0.4 is 10.1 Å². The summed E-state index contributed by atoms with van der Waals surface area (Å²) in [5.41, 5.74) is -0.0250. The third-order valence-corrected chi connectivity index (χ3v) is 5.88. The minimum atomic E-state index is -3.62. The van der Waals surface area contributed by atoms with Gasteiger partial charge in [0.1, 0.15) is 5.75 Å². The molecule has 2 rings (SSSR count). The molecule has 1 N–H and O–H groups in total. The number of halogens is 1. The van der Waals surface area contributed by atoms with E-state index in [-0.39, 0.29) is 33.6 Å². The summed E-state index contributed by atoms with van der Waals surface area (Å²) in [6.45, 7) is 7.74. The molecule has 1 amide bonds. The first-order chi connectivity index (χ1) is 12.1. The first-order valence-electron chi connectivity index (χ1n) is 8.36. The molecule has 0 saturated carbocycles. The molecule has 1 heterocycles. The Hall–Kier alpha value is -1.35. The fourth-order valence-corrected chi connectivity index (χ4v) is 3.99. The second kappa shape index (κ2) is 8.56. The fourth-order valence-electron chi connectivity index (χ4n) is 2.25. The number of carbonyl (C=O) groups is 1. The van der Waals surface area contributed by atoms with Gasteiger partial charge in [-0.2, -0.15) is 4.31 Å². The number of rotatable bonds is 6. The van der Waals surface area contributed by atoms with Gasteiger partial charge < -0.3 is 14.8 Å². The number of benzene rings is 1. The van der Waals surface area contributed by atoms with Crippen molar-refractivity contribution in [3.8, 4) is 5.75 Å². The van der Waals surface area contributed by atoms with E-state index in [1.165, 1.54) is 22.5 Å². The Balaban J connectivity index is 1.99. The Morgan fingerprint density at radius 3 is 2.54 bits per heavy atom. The lowest BCUT2D eigenvalue weighted by Crippen LogP contribution is -2.40. The molecule has 1 aromatic rings. The highest BCUT2D eigenvalue weighted by Crippen LogP contribution is 2.29. The molecule has 9 heteroatoms. The standard InChI is InChI=1S/C17H25ClN2O5S/c1-17(2,3)12-19-16(21)11-25-15-5-4-13(10-14(15)18)26(22,23)20-6-8-24-9-7-20/h4-5,10H,6-9,11-12H2,1-3H3,(H,19,21). The fraction of sp³-hybridized carbons (Fsp3) is 0.588. The van der Waals surface area contributed by atoms with E-state index in [2.05, 4.69) is 5.32 Å². The summed E-state index contributed by atoms with van der Waals surface area (Å²) >= 11 is 6.14. The molecule has 0 spiro atoms. The van der Waals surface area contributed by atoms with Crippen LogP contribution in [0.5, 0.6) is 5.75 Å². The van der Waals surface area contributed by atoms with Gasteiger partial charge in [0.25, 0.3) is 5.91 Å². The van der Waals surface area contributed by atoms with Gasteiger partial charge in [0.15, 0.2) is 6.61 Å². The first-order valence-corrected chi connectivity index (χ1v) is 10.2. The Morgan fingerprint density at radius 2 is 1.96 bits per heavy atom. The first kappa shape index (κ1) is 21.0. The zero-order valence-corrected chi connectivity index (χ0v) is 16.8. The molecule has 0 unspecified atom stereocenters. The molecule has 26 heavy (non-hydrogen) atoms. The van der Waals surface area contributed by atoms with Crippen molar-refractivity contribution >= 4 is 27.5 Å². The average Bonchev–Trinajstić information content (AvgIpc) is 2.59. The predicted octanol–water partition coefficient (Wildman–Crippen LogP) is 1.90. The summed E-state index contributed by atoms with van der Waals surface area (Å²) in [5.74, 6) is -0.000454. The molecule has 1 aromatic carbocycles. The predicted molar refractivity (Wildman–Crippen MR) is 99.0 cm³/mol. The number of hydrogen-bond donors (Lipinski definition) is 1. The molecule has 1 fully saturated rings. The van der Waals surface area contributed by atoms with Crippen LogP contribution in [0.1, 0.15) is 20.8 Å². The highest BCUT2D eigenvalue weighted by Gasteiger charge is 2.27. The highest BCUT2D eigenvalue weighted by atomic mass is 35.5. The molecular formula is C17H25ClN2O5S. The minimum Gasteiger partial charge on any atom is -0.482 e. The summed E-state index contributed by atoms with van der Waals surface area (Å²) in [6.07, 6.45) is 0. The van der Waals surface area contributed by atoms with Gasteiger partial charge in [-0.3, -0.25) is 4.79 Å². The Kier molecular flexibility index (Phi) is 6.90. The Bertz CT molecular complexity index is 740. The SMILES string of the molecule is CC(C)(C)CNC(=O)COc1ccc(S(=O)(=O)N2CCOCC2)cc1Cl. The van der Waals surface area contributed by atoms with Crippen molar-refractivity contribution in [3.63, 3.8) is 0 Å². The van der Waals surface area contributed by atoms with Crippen molar-refractivity contribution in [1.82, 2.24) is 9.62 Å². The van der Waals surface area contributed by atoms with Crippen LogP contribution in [0.4, 0.5) is 0 Å². The van der Waals surface area contributed by atoms with Crippen LogP contribution in [0.25, 0.3) is 0 Å². The summed E-state index contributed by atoms with van der Waals surface area (Å²) in [5, 5.41) is 2.91. The number of amides is 1. The molecule has 1 saturated heterocycles. The zero-order valence-electron chi connectivity index (χ0n) is 15.2. The van der Waals surface area contributed by atoms with Gasteiger partial charge in [-0.15, -0.1) is 0 Å². The maximum atomic E-state index is 12.6. The Morgan fingerprint density at radius 1 is 1.31 bits per heavy atom. The second-order valence-electron chi connectivity index (χ2n) is 7.23. The zero-order chi connectivity index (χ0) is 19.4. The number of sulfonamides is 1. The Labute approximate surface area is 159 Å². The molecule has 1 aliphatic heterocycles.